The Morgan fingerprint density at radius 3 is 2.00 bits per heavy atom. The Hall–Kier alpha value is -1.99. The molecule has 1 aromatic carbocycles. The molecule has 2 nitrogen and oxygen atoms in total. The van der Waals surface area contributed by atoms with E-state index in [2.05, 4.69) is 0 Å². The van der Waals surface area contributed by atoms with Gasteiger partial charge in [-0.15, -0.1) is 0 Å². The summed E-state index contributed by atoms with van der Waals surface area (Å²) in [6.07, 6.45) is -7.07. The van der Waals surface area contributed by atoms with Crippen LogP contribution in [-0.4, -0.2) is 17.7 Å². The normalized spacial score (nSPS) is 21.5. The minimum atomic E-state index is -4.88. The zero-order chi connectivity index (χ0) is 19.3. The molecule has 1 unspecified atom stereocenters. The van der Waals surface area contributed by atoms with Gasteiger partial charge in [-0.1, -0.05) is 0 Å². The molecule has 1 aliphatic heterocycles. The van der Waals surface area contributed by atoms with Gasteiger partial charge in [-0.25, -0.2) is 0 Å². The summed E-state index contributed by atoms with van der Waals surface area (Å²) in [7, 11) is 0. The third kappa shape index (κ3) is 3.73. The highest BCUT2D eigenvalue weighted by molar-refractivity contribution is 5.75. The van der Waals surface area contributed by atoms with Crippen molar-refractivity contribution in [2.75, 3.05) is 6.54 Å². The first-order valence-corrected chi connectivity index (χ1v) is 8.21. The molecule has 1 atom stereocenters. The maximum atomic E-state index is 13.1. The Bertz CT molecular complexity index is 713. The number of halogens is 6. The predicted octanol–water partition coefficient (Wildman–Crippen LogP) is 5.35. The standard InChI is InChI=1S/C18H17F6NO/c1-10-13(9-26)6-16(25(10)8-11-2-3-11)12-4-14(17(19,20)21)7-15(5-12)18(22,23)24/h4-5,7,9,11,16H,2-3,6,8H2,1H3. The maximum absolute atomic E-state index is 13.1. The van der Waals surface area contributed by atoms with E-state index in [0.717, 1.165) is 25.0 Å². The van der Waals surface area contributed by atoms with Crippen LogP contribution in [0, 0.1) is 5.92 Å². The van der Waals surface area contributed by atoms with Crippen molar-refractivity contribution in [3.05, 3.63) is 46.2 Å². The molecule has 0 spiro atoms. The Labute approximate surface area is 146 Å². The molecule has 1 aromatic rings. The molecule has 3 rings (SSSR count). The summed E-state index contributed by atoms with van der Waals surface area (Å²) in [6, 6.07) is 0.964. The number of hydrogen-bond acceptors (Lipinski definition) is 2. The minimum absolute atomic E-state index is 0.0657. The fraction of sp³-hybridized carbons (Fsp3) is 0.500. The smallest absolute Gasteiger partial charge is 0.367 e. The number of carbonyl (C=O) groups excluding carboxylic acids is 1. The monoisotopic (exact) mass is 377 g/mol. The Kier molecular flexibility index (Phi) is 4.56. The molecule has 0 amide bonds. The molecule has 1 heterocycles. The molecule has 0 bridgehead atoms. The summed E-state index contributed by atoms with van der Waals surface area (Å²) in [5.74, 6) is 0.367. The molecular formula is C18H17F6NO. The van der Waals surface area contributed by atoms with Gasteiger partial charge in [0.25, 0.3) is 0 Å². The van der Waals surface area contributed by atoms with Crippen molar-refractivity contribution in [2.45, 2.75) is 44.6 Å². The lowest BCUT2D eigenvalue weighted by molar-refractivity contribution is -0.143. The van der Waals surface area contributed by atoms with Gasteiger partial charge in [0.2, 0.25) is 0 Å². The Morgan fingerprint density at radius 2 is 1.58 bits per heavy atom. The van der Waals surface area contributed by atoms with Crippen LogP contribution in [0.25, 0.3) is 0 Å². The fourth-order valence-corrected chi connectivity index (χ4v) is 3.33. The van der Waals surface area contributed by atoms with Crippen LogP contribution >= 0.6 is 0 Å². The topological polar surface area (TPSA) is 20.3 Å². The number of hydrogen-bond donors (Lipinski definition) is 0. The highest BCUT2D eigenvalue weighted by atomic mass is 19.4. The quantitative estimate of drug-likeness (QED) is 0.521. The predicted molar refractivity (Wildman–Crippen MR) is 82.0 cm³/mol. The molecule has 1 aliphatic carbocycles. The van der Waals surface area contributed by atoms with Gasteiger partial charge in [0.1, 0.15) is 6.29 Å². The maximum Gasteiger partial charge on any atom is 0.416 e. The van der Waals surface area contributed by atoms with E-state index < -0.39 is 29.5 Å². The summed E-state index contributed by atoms with van der Waals surface area (Å²) in [6.45, 7) is 2.22. The number of benzene rings is 1. The van der Waals surface area contributed by atoms with Gasteiger partial charge < -0.3 is 4.90 Å². The van der Waals surface area contributed by atoms with Crippen LogP contribution in [0.2, 0.25) is 0 Å². The van der Waals surface area contributed by atoms with Crippen LogP contribution in [0.3, 0.4) is 0 Å². The molecule has 1 fully saturated rings. The lowest BCUT2D eigenvalue weighted by Gasteiger charge is -2.30. The van der Waals surface area contributed by atoms with Gasteiger partial charge in [0, 0.05) is 24.2 Å². The van der Waals surface area contributed by atoms with Gasteiger partial charge in [-0.05, 0) is 49.4 Å². The lowest BCUT2D eigenvalue weighted by atomic mass is 9.96. The third-order valence-corrected chi connectivity index (χ3v) is 4.97. The molecule has 0 saturated heterocycles. The molecular weight excluding hydrogens is 360 g/mol. The number of alkyl halides is 6. The van der Waals surface area contributed by atoms with E-state index in [9.17, 15) is 31.1 Å². The van der Waals surface area contributed by atoms with Crippen molar-refractivity contribution in [1.29, 1.82) is 0 Å². The molecule has 1 saturated carbocycles. The van der Waals surface area contributed by atoms with E-state index in [4.69, 9.17) is 0 Å². The van der Waals surface area contributed by atoms with E-state index in [1.807, 2.05) is 0 Å². The SMILES string of the molecule is CC1=C(C=O)CC(c2cc(C(F)(F)F)cc(C(F)(F)F)c2)N1CC1CC1. The van der Waals surface area contributed by atoms with E-state index in [0.29, 0.717) is 30.0 Å². The summed E-state index contributed by atoms with van der Waals surface area (Å²) >= 11 is 0. The van der Waals surface area contributed by atoms with Crippen LogP contribution < -0.4 is 0 Å². The molecule has 26 heavy (non-hydrogen) atoms. The van der Waals surface area contributed by atoms with Crippen molar-refractivity contribution in [2.24, 2.45) is 5.92 Å². The molecule has 0 N–H and O–H groups in total. The molecule has 0 aromatic heterocycles. The zero-order valence-corrected chi connectivity index (χ0v) is 13.9. The summed E-state index contributed by atoms with van der Waals surface area (Å²) in [4.78, 5) is 13.0. The molecule has 142 valence electrons. The van der Waals surface area contributed by atoms with Crippen molar-refractivity contribution in [1.82, 2.24) is 4.90 Å². The van der Waals surface area contributed by atoms with Gasteiger partial charge in [0.15, 0.2) is 0 Å². The summed E-state index contributed by atoms with van der Waals surface area (Å²) in [5, 5.41) is 0. The van der Waals surface area contributed by atoms with Crippen LogP contribution in [0.4, 0.5) is 26.3 Å². The van der Waals surface area contributed by atoms with E-state index in [1.165, 1.54) is 0 Å². The van der Waals surface area contributed by atoms with Gasteiger partial charge in [-0.2, -0.15) is 26.3 Å². The third-order valence-electron chi connectivity index (χ3n) is 4.97. The number of aldehydes is 1. The average molecular weight is 377 g/mol. The number of nitrogens with zero attached hydrogens (tertiary/aromatic N) is 1. The second kappa shape index (κ2) is 6.32. The van der Waals surface area contributed by atoms with Crippen molar-refractivity contribution >= 4 is 6.29 Å². The van der Waals surface area contributed by atoms with Crippen LogP contribution in [0.5, 0.6) is 0 Å². The number of allylic oxidation sites excluding steroid dienone is 1. The highest BCUT2D eigenvalue weighted by Crippen LogP contribution is 2.45. The summed E-state index contributed by atoms with van der Waals surface area (Å²) in [5.41, 5.74) is -1.68. The number of carbonyl (C=O) groups is 1. The van der Waals surface area contributed by atoms with Crippen LogP contribution in [-0.2, 0) is 17.1 Å². The first-order chi connectivity index (χ1) is 12.0. The Morgan fingerprint density at radius 1 is 1.04 bits per heavy atom. The molecule has 0 radical (unpaired) electrons. The summed E-state index contributed by atoms with van der Waals surface area (Å²) < 4.78 is 78.7. The largest absolute Gasteiger partial charge is 0.416 e. The number of rotatable bonds is 4. The van der Waals surface area contributed by atoms with Crippen molar-refractivity contribution < 1.29 is 31.1 Å². The highest BCUT2D eigenvalue weighted by Gasteiger charge is 2.40. The van der Waals surface area contributed by atoms with E-state index >= 15 is 0 Å². The first-order valence-electron chi connectivity index (χ1n) is 8.21. The molecule has 8 heteroatoms. The van der Waals surface area contributed by atoms with Crippen molar-refractivity contribution in [3.8, 4) is 0 Å². The van der Waals surface area contributed by atoms with Crippen LogP contribution in [0.1, 0.15) is 48.9 Å². The average Bonchev–Trinajstić information content (AvgIpc) is 3.30. The first kappa shape index (κ1) is 18.8. The lowest BCUT2D eigenvalue weighted by Crippen LogP contribution is -2.26. The van der Waals surface area contributed by atoms with E-state index in [1.54, 1.807) is 11.8 Å². The van der Waals surface area contributed by atoms with Gasteiger partial charge in [0.05, 0.1) is 17.2 Å². The van der Waals surface area contributed by atoms with Gasteiger partial charge in [-0.3, -0.25) is 4.79 Å². The van der Waals surface area contributed by atoms with E-state index in [-0.39, 0.29) is 18.1 Å². The molecule has 2 aliphatic rings. The second-order valence-electron chi connectivity index (χ2n) is 6.88. The Balaban J connectivity index is 2.05. The zero-order valence-electron chi connectivity index (χ0n) is 13.9. The fourth-order valence-electron chi connectivity index (χ4n) is 3.33. The van der Waals surface area contributed by atoms with Gasteiger partial charge >= 0.3 is 12.4 Å². The van der Waals surface area contributed by atoms with Crippen LogP contribution in [0.15, 0.2) is 29.5 Å². The minimum Gasteiger partial charge on any atom is -0.367 e. The van der Waals surface area contributed by atoms with Crippen molar-refractivity contribution in [3.63, 3.8) is 0 Å². The second-order valence-corrected chi connectivity index (χ2v) is 6.88.